The van der Waals surface area contributed by atoms with E-state index in [1.54, 1.807) is 0 Å². The highest BCUT2D eigenvalue weighted by molar-refractivity contribution is 6.17. The van der Waals surface area contributed by atoms with Gasteiger partial charge >= 0.3 is 0 Å². The summed E-state index contributed by atoms with van der Waals surface area (Å²) in [6.07, 6.45) is 7.93. The summed E-state index contributed by atoms with van der Waals surface area (Å²) in [6, 6.07) is 0. The zero-order valence-electron chi connectivity index (χ0n) is 10.2. The van der Waals surface area contributed by atoms with Gasteiger partial charge in [0.2, 0.25) is 0 Å². The molecule has 0 spiro atoms. The van der Waals surface area contributed by atoms with Crippen molar-refractivity contribution >= 4 is 11.6 Å². The van der Waals surface area contributed by atoms with Crippen LogP contribution in [0, 0.1) is 0 Å². The first kappa shape index (κ1) is 14.2. The Bertz CT molecular complexity index is 123. The molecule has 0 saturated heterocycles. The van der Waals surface area contributed by atoms with Gasteiger partial charge in [-0.3, -0.25) is 0 Å². The van der Waals surface area contributed by atoms with Crippen LogP contribution in [0.4, 0.5) is 0 Å². The summed E-state index contributed by atoms with van der Waals surface area (Å²) in [4.78, 5) is 0. The number of quaternary nitrogens is 1. The lowest BCUT2D eigenvalue weighted by Crippen LogP contribution is -2.41. The quantitative estimate of drug-likeness (QED) is 0.316. The fourth-order valence-corrected chi connectivity index (χ4v) is 1.90. The highest BCUT2D eigenvalue weighted by Gasteiger charge is 2.12. The van der Waals surface area contributed by atoms with E-state index in [-0.39, 0.29) is 0 Å². The van der Waals surface area contributed by atoms with E-state index in [0.29, 0.717) is 0 Å². The molecule has 0 aromatic carbocycles. The van der Waals surface area contributed by atoms with Gasteiger partial charge < -0.3 is 4.48 Å². The molecule has 0 aliphatic rings. The lowest BCUT2D eigenvalue weighted by Gasteiger charge is -2.29. The first-order valence-corrected chi connectivity index (χ1v) is 6.54. The van der Waals surface area contributed by atoms with Crippen LogP contribution in [0.3, 0.4) is 0 Å². The minimum absolute atomic E-state index is 0.815. The zero-order valence-corrected chi connectivity index (χ0v) is 10.9. The normalized spacial score (nSPS) is 12.0. The Hall–Kier alpha value is 0.250. The number of unbranched alkanes of at least 4 members (excludes halogenated alkanes) is 4. The van der Waals surface area contributed by atoms with Crippen molar-refractivity contribution in [3.8, 4) is 0 Å². The van der Waals surface area contributed by atoms with E-state index >= 15 is 0 Å². The molecule has 86 valence electrons. The van der Waals surface area contributed by atoms with Gasteiger partial charge in [0.15, 0.2) is 0 Å². The van der Waals surface area contributed by atoms with Crippen LogP contribution in [-0.4, -0.2) is 37.5 Å². The molecule has 0 amide bonds. The Morgan fingerprint density at radius 3 is 1.93 bits per heavy atom. The van der Waals surface area contributed by atoms with Crippen LogP contribution in [0.5, 0.6) is 0 Å². The van der Waals surface area contributed by atoms with Gasteiger partial charge in [0.25, 0.3) is 0 Å². The third kappa shape index (κ3) is 8.83. The third-order valence-electron chi connectivity index (χ3n) is 2.76. The van der Waals surface area contributed by atoms with Crippen molar-refractivity contribution in [3.05, 3.63) is 0 Å². The zero-order chi connectivity index (χ0) is 10.9. The summed E-state index contributed by atoms with van der Waals surface area (Å²) in [6.45, 7) is 4.86. The molecule has 0 saturated carbocycles. The highest BCUT2D eigenvalue weighted by Crippen LogP contribution is 2.07. The number of nitrogens with zero attached hydrogens (tertiary/aromatic N) is 1. The molecule has 0 heterocycles. The summed E-state index contributed by atoms with van der Waals surface area (Å²) in [5.41, 5.74) is 0. The molecule has 0 aromatic heterocycles. The Kier molecular flexibility index (Phi) is 8.70. The molecular formula is C12H27ClN+. The van der Waals surface area contributed by atoms with Crippen LogP contribution in [0.2, 0.25) is 0 Å². The summed E-state index contributed by atoms with van der Waals surface area (Å²) >= 11 is 5.67. The van der Waals surface area contributed by atoms with Crippen molar-refractivity contribution < 1.29 is 4.48 Å². The lowest BCUT2D eigenvalue weighted by molar-refractivity contribution is -0.890. The molecule has 0 atom stereocenters. The first-order chi connectivity index (χ1) is 6.62. The third-order valence-corrected chi connectivity index (χ3v) is 3.03. The fourth-order valence-electron chi connectivity index (χ4n) is 1.71. The molecule has 14 heavy (non-hydrogen) atoms. The van der Waals surface area contributed by atoms with Crippen LogP contribution < -0.4 is 0 Å². The summed E-state index contributed by atoms with van der Waals surface area (Å²) < 4.78 is 1.17. The second kappa shape index (κ2) is 8.55. The Balaban J connectivity index is 3.40. The second-order valence-electron chi connectivity index (χ2n) is 4.84. The Morgan fingerprint density at radius 1 is 0.857 bits per heavy atom. The minimum Gasteiger partial charge on any atom is -0.328 e. The molecule has 1 nitrogen and oxygen atoms in total. The molecule has 0 aromatic rings. The predicted molar refractivity (Wildman–Crippen MR) is 65.9 cm³/mol. The number of hydrogen-bond acceptors (Lipinski definition) is 0. The molecule has 0 radical (unpaired) electrons. The summed E-state index contributed by atoms with van der Waals surface area (Å²) in [7, 11) is 4.67. The second-order valence-corrected chi connectivity index (χ2v) is 5.22. The molecule has 0 unspecified atom stereocenters. The number of hydrogen-bond donors (Lipinski definition) is 0. The van der Waals surface area contributed by atoms with Crippen LogP contribution in [0.1, 0.15) is 45.4 Å². The molecule has 0 bridgehead atoms. The largest absolute Gasteiger partial charge is 0.328 e. The first-order valence-electron chi connectivity index (χ1n) is 6.00. The van der Waals surface area contributed by atoms with Gasteiger partial charge in [0, 0.05) is 5.88 Å². The summed E-state index contributed by atoms with van der Waals surface area (Å²) in [5.74, 6) is 0.815. The van der Waals surface area contributed by atoms with E-state index < -0.39 is 0 Å². The van der Waals surface area contributed by atoms with Crippen LogP contribution in [0.15, 0.2) is 0 Å². The van der Waals surface area contributed by atoms with Crippen molar-refractivity contribution in [3.63, 3.8) is 0 Å². The van der Waals surface area contributed by atoms with Gasteiger partial charge in [-0.2, -0.15) is 0 Å². The van der Waals surface area contributed by atoms with Gasteiger partial charge in [0.1, 0.15) is 0 Å². The molecule has 2 heteroatoms. The topological polar surface area (TPSA) is 0 Å². The van der Waals surface area contributed by atoms with Crippen molar-refractivity contribution in [2.45, 2.75) is 45.4 Å². The minimum atomic E-state index is 0.815. The van der Waals surface area contributed by atoms with E-state index in [0.717, 1.165) is 12.3 Å². The number of alkyl halides is 1. The molecule has 0 aliphatic heterocycles. The summed E-state index contributed by atoms with van der Waals surface area (Å²) in [5, 5.41) is 0. The molecule has 0 N–H and O–H groups in total. The van der Waals surface area contributed by atoms with Crippen LogP contribution in [-0.2, 0) is 0 Å². The number of rotatable bonds is 9. The monoisotopic (exact) mass is 220 g/mol. The Morgan fingerprint density at radius 2 is 1.43 bits per heavy atom. The van der Waals surface area contributed by atoms with Crippen molar-refractivity contribution in [2.24, 2.45) is 0 Å². The Labute approximate surface area is 95.0 Å². The molecule has 0 rings (SSSR count). The van der Waals surface area contributed by atoms with E-state index in [4.69, 9.17) is 11.6 Å². The maximum absolute atomic E-state index is 5.67. The molecular weight excluding hydrogens is 194 g/mol. The van der Waals surface area contributed by atoms with E-state index in [9.17, 15) is 0 Å². The SMILES string of the molecule is CCCCCC[N+](C)(C)CCCCCl. The standard InChI is InChI=1S/C12H27ClN/c1-4-5-6-8-11-14(2,3)12-9-7-10-13/h4-12H2,1-3H3/q+1. The predicted octanol–water partition coefficient (Wildman–Crippen LogP) is 3.66. The maximum Gasteiger partial charge on any atom is 0.0782 e. The highest BCUT2D eigenvalue weighted by atomic mass is 35.5. The van der Waals surface area contributed by atoms with E-state index in [1.807, 2.05) is 0 Å². The fraction of sp³-hybridized carbons (Fsp3) is 1.00. The van der Waals surface area contributed by atoms with Crippen molar-refractivity contribution in [1.82, 2.24) is 0 Å². The molecule has 0 aliphatic carbocycles. The van der Waals surface area contributed by atoms with Crippen LogP contribution >= 0.6 is 11.6 Å². The van der Waals surface area contributed by atoms with Gasteiger partial charge in [-0.05, 0) is 25.7 Å². The van der Waals surface area contributed by atoms with Crippen molar-refractivity contribution in [1.29, 1.82) is 0 Å². The molecule has 0 fully saturated rings. The van der Waals surface area contributed by atoms with E-state index in [2.05, 4.69) is 21.0 Å². The van der Waals surface area contributed by atoms with Crippen molar-refractivity contribution in [2.75, 3.05) is 33.1 Å². The van der Waals surface area contributed by atoms with Gasteiger partial charge in [-0.1, -0.05) is 19.8 Å². The van der Waals surface area contributed by atoms with Gasteiger partial charge in [-0.25, -0.2) is 0 Å². The van der Waals surface area contributed by atoms with Gasteiger partial charge in [-0.15, -0.1) is 11.6 Å². The lowest BCUT2D eigenvalue weighted by atomic mass is 10.2. The maximum atomic E-state index is 5.67. The smallest absolute Gasteiger partial charge is 0.0782 e. The van der Waals surface area contributed by atoms with E-state index in [1.165, 1.54) is 49.7 Å². The van der Waals surface area contributed by atoms with Crippen LogP contribution in [0.25, 0.3) is 0 Å². The average Bonchev–Trinajstić information content (AvgIpc) is 2.13. The average molecular weight is 221 g/mol. The van der Waals surface area contributed by atoms with Gasteiger partial charge in [0.05, 0.1) is 27.2 Å². The number of halogens is 1.